The highest BCUT2D eigenvalue weighted by Gasteiger charge is 2.13. The van der Waals surface area contributed by atoms with Crippen LogP contribution in [0.4, 0.5) is 0 Å². The zero-order valence-corrected chi connectivity index (χ0v) is 16.7. The minimum Gasteiger partial charge on any atom is -0.462 e. The summed E-state index contributed by atoms with van der Waals surface area (Å²) >= 11 is 0. The molecule has 25 heavy (non-hydrogen) atoms. The number of aliphatic hydroxyl groups is 2. The second-order valence-electron chi connectivity index (χ2n) is 7.29. The maximum atomic E-state index is 12.0. The first-order valence-electron chi connectivity index (χ1n) is 10.6. The molecule has 0 bridgehead atoms. The van der Waals surface area contributed by atoms with Crippen LogP contribution in [-0.2, 0) is 9.53 Å². The van der Waals surface area contributed by atoms with Crippen molar-refractivity contribution in [3.8, 4) is 0 Å². The number of unbranched alkanes of at least 4 members (excludes halogenated alkanes) is 7. The fraction of sp³-hybridized carbons (Fsp3) is 0.952. The van der Waals surface area contributed by atoms with Crippen molar-refractivity contribution in [1.82, 2.24) is 0 Å². The number of aliphatic hydroxyl groups excluding tert-OH is 2. The number of carbonyl (C=O) groups excluding carboxylic acids is 1. The highest BCUT2D eigenvalue weighted by atomic mass is 16.5. The van der Waals surface area contributed by atoms with E-state index in [0.717, 1.165) is 83.5 Å². The molecule has 0 heterocycles. The first-order chi connectivity index (χ1) is 12.2. The lowest BCUT2D eigenvalue weighted by atomic mass is 10.0. The van der Waals surface area contributed by atoms with Gasteiger partial charge < -0.3 is 14.9 Å². The Morgan fingerprint density at radius 3 is 1.80 bits per heavy atom. The fourth-order valence-corrected chi connectivity index (χ4v) is 3.02. The Morgan fingerprint density at radius 1 is 0.760 bits per heavy atom. The van der Waals surface area contributed by atoms with Crippen molar-refractivity contribution in [1.29, 1.82) is 0 Å². The number of rotatable bonds is 18. The summed E-state index contributed by atoms with van der Waals surface area (Å²) in [7, 11) is 0. The molecule has 4 nitrogen and oxygen atoms in total. The molecular formula is C21H42O4. The molecule has 0 aliphatic rings. The van der Waals surface area contributed by atoms with Crippen molar-refractivity contribution in [2.45, 2.75) is 110 Å². The van der Waals surface area contributed by atoms with Gasteiger partial charge in [0.2, 0.25) is 0 Å². The molecule has 4 heteroatoms. The second kappa shape index (κ2) is 18.2. The summed E-state index contributed by atoms with van der Waals surface area (Å²) < 4.78 is 5.66. The number of carbonyl (C=O) groups is 1. The van der Waals surface area contributed by atoms with E-state index in [1.807, 2.05) is 0 Å². The molecule has 0 amide bonds. The molecule has 0 spiro atoms. The van der Waals surface area contributed by atoms with Crippen LogP contribution >= 0.6 is 0 Å². The molecule has 0 rings (SSSR count). The van der Waals surface area contributed by atoms with Crippen molar-refractivity contribution in [2.24, 2.45) is 5.92 Å². The van der Waals surface area contributed by atoms with E-state index in [0.29, 0.717) is 6.42 Å². The SMILES string of the molecule is CCCCC(CCCC)OC(=O)CCCCCCCCC(CO)CO. The summed E-state index contributed by atoms with van der Waals surface area (Å²) in [6, 6.07) is 0. The number of esters is 1. The Balaban J connectivity index is 3.63. The van der Waals surface area contributed by atoms with E-state index in [2.05, 4.69) is 13.8 Å². The van der Waals surface area contributed by atoms with Crippen molar-refractivity contribution < 1.29 is 19.7 Å². The molecule has 0 saturated heterocycles. The highest BCUT2D eigenvalue weighted by molar-refractivity contribution is 5.69. The monoisotopic (exact) mass is 358 g/mol. The lowest BCUT2D eigenvalue weighted by Crippen LogP contribution is -2.18. The number of hydrogen-bond donors (Lipinski definition) is 2. The Labute approximate surface area is 155 Å². The van der Waals surface area contributed by atoms with Gasteiger partial charge in [0.1, 0.15) is 6.10 Å². The van der Waals surface area contributed by atoms with Gasteiger partial charge in [0.25, 0.3) is 0 Å². The van der Waals surface area contributed by atoms with Gasteiger partial charge in [-0.25, -0.2) is 0 Å². The maximum absolute atomic E-state index is 12.0. The van der Waals surface area contributed by atoms with E-state index in [1.54, 1.807) is 0 Å². The molecule has 0 aromatic rings. The summed E-state index contributed by atoms with van der Waals surface area (Å²) in [4.78, 5) is 12.0. The van der Waals surface area contributed by atoms with Crippen LogP contribution in [-0.4, -0.2) is 35.5 Å². The third-order valence-electron chi connectivity index (χ3n) is 4.82. The molecule has 2 N–H and O–H groups in total. The summed E-state index contributed by atoms with van der Waals surface area (Å²) in [5, 5.41) is 18.0. The Hall–Kier alpha value is -0.610. The molecule has 0 atom stereocenters. The van der Waals surface area contributed by atoms with E-state index in [4.69, 9.17) is 14.9 Å². The molecule has 0 aromatic carbocycles. The average Bonchev–Trinajstić information content (AvgIpc) is 2.62. The Bertz CT molecular complexity index is 282. The van der Waals surface area contributed by atoms with Crippen LogP contribution in [0.5, 0.6) is 0 Å². The lowest BCUT2D eigenvalue weighted by Gasteiger charge is -2.17. The zero-order chi connectivity index (χ0) is 18.8. The summed E-state index contributed by atoms with van der Waals surface area (Å²) in [5.74, 6) is 0.0223. The van der Waals surface area contributed by atoms with Gasteiger partial charge >= 0.3 is 5.97 Å². The van der Waals surface area contributed by atoms with Crippen molar-refractivity contribution in [3.63, 3.8) is 0 Å². The molecule has 0 aliphatic carbocycles. The molecule has 150 valence electrons. The topological polar surface area (TPSA) is 66.8 Å². The predicted molar refractivity (Wildman–Crippen MR) is 104 cm³/mol. The maximum Gasteiger partial charge on any atom is 0.306 e. The van der Waals surface area contributed by atoms with Crippen LogP contribution in [0.15, 0.2) is 0 Å². The van der Waals surface area contributed by atoms with E-state index >= 15 is 0 Å². The fourth-order valence-electron chi connectivity index (χ4n) is 3.02. The molecule has 0 saturated carbocycles. The van der Waals surface area contributed by atoms with Gasteiger partial charge in [0.05, 0.1) is 0 Å². The molecule has 0 radical (unpaired) electrons. The molecule has 0 unspecified atom stereocenters. The third kappa shape index (κ3) is 15.4. The summed E-state index contributed by atoms with van der Waals surface area (Å²) in [5.41, 5.74) is 0. The van der Waals surface area contributed by atoms with Gasteiger partial charge in [0, 0.05) is 25.6 Å². The van der Waals surface area contributed by atoms with E-state index < -0.39 is 0 Å². The van der Waals surface area contributed by atoms with Crippen LogP contribution in [0.1, 0.15) is 104 Å². The molecule has 0 fully saturated rings. The van der Waals surface area contributed by atoms with Gasteiger partial charge in [-0.05, 0) is 25.7 Å². The van der Waals surface area contributed by atoms with Crippen LogP contribution in [0, 0.1) is 5.92 Å². The van der Waals surface area contributed by atoms with Crippen molar-refractivity contribution in [3.05, 3.63) is 0 Å². The van der Waals surface area contributed by atoms with Crippen LogP contribution in [0.25, 0.3) is 0 Å². The minimum absolute atomic E-state index is 0.0223. The lowest BCUT2D eigenvalue weighted by molar-refractivity contribution is -0.150. The highest BCUT2D eigenvalue weighted by Crippen LogP contribution is 2.15. The normalized spacial score (nSPS) is 11.4. The van der Waals surface area contributed by atoms with Gasteiger partial charge in [-0.15, -0.1) is 0 Å². The second-order valence-corrected chi connectivity index (χ2v) is 7.29. The largest absolute Gasteiger partial charge is 0.462 e. The quantitative estimate of drug-likeness (QED) is 0.267. The first kappa shape index (κ1) is 24.4. The number of ether oxygens (including phenoxy) is 1. The van der Waals surface area contributed by atoms with Crippen LogP contribution in [0.2, 0.25) is 0 Å². The van der Waals surface area contributed by atoms with E-state index in [1.165, 1.54) is 0 Å². The van der Waals surface area contributed by atoms with Crippen LogP contribution < -0.4 is 0 Å². The van der Waals surface area contributed by atoms with Crippen LogP contribution in [0.3, 0.4) is 0 Å². The smallest absolute Gasteiger partial charge is 0.306 e. The van der Waals surface area contributed by atoms with Crippen molar-refractivity contribution >= 4 is 5.97 Å². The Kier molecular flexibility index (Phi) is 17.7. The van der Waals surface area contributed by atoms with E-state index in [-0.39, 0.29) is 31.2 Å². The molecule has 0 aromatic heterocycles. The van der Waals surface area contributed by atoms with Gasteiger partial charge in [0.15, 0.2) is 0 Å². The van der Waals surface area contributed by atoms with Gasteiger partial charge in [-0.3, -0.25) is 4.79 Å². The summed E-state index contributed by atoms with van der Waals surface area (Å²) in [6.07, 6.45) is 14.6. The Morgan fingerprint density at radius 2 is 1.28 bits per heavy atom. The zero-order valence-electron chi connectivity index (χ0n) is 16.7. The summed E-state index contributed by atoms with van der Waals surface area (Å²) in [6.45, 7) is 4.51. The van der Waals surface area contributed by atoms with Crippen molar-refractivity contribution in [2.75, 3.05) is 13.2 Å². The van der Waals surface area contributed by atoms with E-state index in [9.17, 15) is 4.79 Å². The minimum atomic E-state index is -0.0223. The average molecular weight is 359 g/mol. The number of hydrogen-bond acceptors (Lipinski definition) is 4. The standard InChI is InChI=1S/C21H42O4/c1-3-5-14-20(15-6-4-2)25-21(24)16-12-10-8-7-9-11-13-19(17-22)18-23/h19-20,22-23H,3-18H2,1-2H3. The molecular weight excluding hydrogens is 316 g/mol. The molecule has 0 aliphatic heterocycles. The predicted octanol–water partition coefficient (Wildman–Crippen LogP) is 5.00. The first-order valence-corrected chi connectivity index (χ1v) is 10.6. The third-order valence-corrected chi connectivity index (χ3v) is 4.82. The van der Waals surface area contributed by atoms with Gasteiger partial charge in [-0.1, -0.05) is 71.6 Å². The van der Waals surface area contributed by atoms with Gasteiger partial charge in [-0.2, -0.15) is 0 Å².